The molecule has 4 aliphatic carbocycles. The molecule has 1 heterocycles. The summed E-state index contributed by atoms with van der Waals surface area (Å²) in [5.41, 5.74) is 8.49. The number of allylic oxidation sites excluding steroid dienone is 4. The summed E-state index contributed by atoms with van der Waals surface area (Å²) in [5.74, 6) is -0.240. The maximum Gasteiger partial charge on any atom is 0.405 e. The number of phenolic OH excluding ortho intramolecular Hbond substituents is 1. The number of methoxy groups -OCH3 is 2. The number of aromatic hydroxyl groups is 1. The number of aryl methyl sites for hydroxylation is 1. The third-order valence-electron chi connectivity index (χ3n) is 15.6. The zero-order valence-electron chi connectivity index (χ0n) is 39.5. The SMILES string of the molecule is CO[C@H]1C[C@@H](C)CC2=C(NCCCCCC[C@]3(O)CCC4C5CCc6cc(O)ccc6C5CC[C@@]43C)C(=O)C=C(NC(=O)/C(C)=C/C=C\[C@@H](OC)[C@H](OC(N)=O)/C(C)=C/[C@H](C)[C@H]1O)C2=O. The number of amides is 2. The fourth-order valence-corrected chi connectivity index (χ4v) is 12.0. The normalized spacial score (nSPS) is 35.6. The van der Waals surface area contributed by atoms with Gasteiger partial charge in [-0.25, -0.2) is 4.79 Å². The van der Waals surface area contributed by atoms with Gasteiger partial charge in [0.25, 0.3) is 5.91 Å². The summed E-state index contributed by atoms with van der Waals surface area (Å²) in [6.45, 7) is 9.87. The highest BCUT2D eigenvalue weighted by molar-refractivity contribution is 6.23. The maximum atomic E-state index is 14.2. The van der Waals surface area contributed by atoms with Crippen molar-refractivity contribution in [3.63, 3.8) is 0 Å². The Hall–Kier alpha value is -4.56. The van der Waals surface area contributed by atoms with Crippen LogP contribution in [0.5, 0.6) is 5.75 Å². The summed E-state index contributed by atoms with van der Waals surface area (Å²) >= 11 is 0. The largest absolute Gasteiger partial charge is 0.508 e. The number of hydrogen-bond donors (Lipinski definition) is 6. The van der Waals surface area contributed by atoms with Gasteiger partial charge in [-0.05, 0) is 136 Å². The van der Waals surface area contributed by atoms with Crippen LogP contribution in [0.15, 0.2) is 76.7 Å². The quantitative estimate of drug-likeness (QED) is 0.0739. The number of carbonyl (C=O) groups excluding carboxylic acids is 4. The summed E-state index contributed by atoms with van der Waals surface area (Å²) in [5, 5.41) is 39.8. The molecule has 3 unspecified atom stereocenters. The van der Waals surface area contributed by atoms with Crippen molar-refractivity contribution in [1.82, 2.24) is 10.6 Å². The summed E-state index contributed by atoms with van der Waals surface area (Å²) in [6.07, 6.45) is 14.1. The van der Waals surface area contributed by atoms with E-state index in [-0.39, 0.29) is 40.3 Å². The van der Waals surface area contributed by atoms with Crippen LogP contribution in [0.1, 0.15) is 129 Å². The van der Waals surface area contributed by atoms with Gasteiger partial charge in [0.2, 0.25) is 11.6 Å². The van der Waals surface area contributed by atoms with Crippen molar-refractivity contribution < 1.29 is 48.7 Å². The smallest absolute Gasteiger partial charge is 0.405 e. The molecule has 0 radical (unpaired) electrons. The standard InChI is InChI=1S/C52H73N3O10/c1-30-25-39-45(54-24-11-9-8-10-21-52(62)23-20-40-38-17-15-34-28-35(56)16-18-36(34)37(38)19-22-51(40,52)5)42(57)29-41(47(39)59)55-49(60)31(2)13-12-14-43(63-6)48(65-50(53)61)33(4)27-32(3)46(58)44(26-30)64-7/h12-14,16,18,27-30,32,37-38,40,43-44,46,48,54,56,58,62H,8-11,15,17,19-26H2,1-7H3,(H2,53,61)(H,55,60)/b14-12-,31-13+,33-27+/t30-,32-,37?,38?,40?,43+,44-,46+,48+,51-,52-/m0/s1. The fourth-order valence-electron chi connectivity index (χ4n) is 12.0. The summed E-state index contributed by atoms with van der Waals surface area (Å²) in [7, 11) is 2.95. The van der Waals surface area contributed by atoms with E-state index in [0.29, 0.717) is 42.0 Å². The average Bonchev–Trinajstić information content (AvgIpc) is 3.54. The minimum Gasteiger partial charge on any atom is -0.508 e. The van der Waals surface area contributed by atoms with E-state index in [1.54, 1.807) is 32.1 Å². The lowest BCUT2D eigenvalue weighted by molar-refractivity contribution is -0.120. The number of benzene rings is 1. The van der Waals surface area contributed by atoms with Gasteiger partial charge in [-0.3, -0.25) is 14.4 Å². The minimum absolute atomic E-state index is 0.112. The molecule has 2 fully saturated rings. The molecule has 356 valence electrons. The number of ketones is 2. The number of fused-ring (bicyclic) bond motifs is 7. The lowest BCUT2D eigenvalue weighted by Crippen LogP contribution is -2.50. The molecular weight excluding hydrogens is 827 g/mol. The second kappa shape index (κ2) is 21.4. The number of aliphatic hydroxyl groups excluding tert-OH is 1. The molecule has 2 saturated carbocycles. The highest BCUT2D eigenvalue weighted by atomic mass is 16.6. The van der Waals surface area contributed by atoms with Crippen molar-refractivity contribution >= 4 is 23.6 Å². The van der Waals surface area contributed by atoms with Gasteiger partial charge >= 0.3 is 6.09 Å². The number of carbonyl (C=O) groups is 4. The van der Waals surface area contributed by atoms with E-state index >= 15 is 0 Å². The molecule has 13 heteroatoms. The molecule has 1 aromatic carbocycles. The topological polar surface area (TPSA) is 207 Å². The molecule has 1 aromatic rings. The number of Topliss-reactive ketones (excluding diaryl/α,β-unsaturated/α-hetero) is 1. The van der Waals surface area contributed by atoms with Crippen molar-refractivity contribution in [1.29, 1.82) is 0 Å². The zero-order chi connectivity index (χ0) is 47.2. The van der Waals surface area contributed by atoms with E-state index in [0.717, 1.165) is 70.6 Å². The number of phenols is 1. The van der Waals surface area contributed by atoms with E-state index in [1.807, 2.05) is 26.0 Å². The maximum absolute atomic E-state index is 14.2. The number of unbranched alkanes of at least 4 members (excludes halogenated alkanes) is 3. The number of rotatable bonds is 11. The van der Waals surface area contributed by atoms with E-state index in [1.165, 1.54) is 37.5 Å². The number of ether oxygens (including phenoxy) is 3. The number of hydrogen-bond acceptors (Lipinski definition) is 11. The third kappa shape index (κ3) is 11.0. The Bertz CT molecular complexity index is 2110. The second-order valence-corrected chi connectivity index (χ2v) is 19.8. The Morgan fingerprint density at radius 1 is 1.02 bits per heavy atom. The fraction of sp³-hybridized carbons (Fsp3) is 0.615. The molecule has 0 spiro atoms. The summed E-state index contributed by atoms with van der Waals surface area (Å²) < 4.78 is 16.9. The number of nitrogens with two attached hydrogens (primary N) is 1. The van der Waals surface area contributed by atoms with Crippen LogP contribution < -0.4 is 16.4 Å². The Balaban J connectivity index is 1.10. The number of nitrogens with one attached hydrogen (secondary N) is 2. The van der Waals surface area contributed by atoms with Gasteiger partial charge in [0.15, 0.2) is 6.10 Å². The van der Waals surface area contributed by atoms with Crippen molar-refractivity contribution in [2.24, 2.45) is 34.8 Å². The lowest BCUT2D eigenvalue weighted by atomic mass is 9.53. The first-order valence-electron chi connectivity index (χ1n) is 23.8. The van der Waals surface area contributed by atoms with Crippen LogP contribution >= 0.6 is 0 Å². The van der Waals surface area contributed by atoms with Crippen LogP contribution in [0.25, 0.3) is 0 Å². The molecule has 11 atom stereocenters. The van der Waals surface area contributed by atoms with Crippen molar-refractivity contribution in [2.75, 3.05) is 20.8 Å². The Morgan fingerprint density at radius 3 is 2.49 bits per heavy atom. The van der Waals surface area contributed by atoms with Gasteiger partial charge < -0.3 is 45.9 Å². The van der Waals surface area contributed by atoms with Gasteiger partial charge in [-0.15, -0.1) is 0 Å². The van der Waals surface area contributed by atoms with Gasteiger partial charge in [-0.1, -0.05) is 70.4 Å². The van der Waals surface area contributed by atoms with Crippen LogP contribution in [0.2, 0.25) is 0 Å². The highest BCUT2D eigenvalue weighted by Crippen LogP contribution is 2.65. The molecule has 65 heavy (non-hydrogen) atoms. The zero-order valence-corrected chi connectivity index (χ0v) is 39.5. The molecule has 7 N–H and O–H groups in total. The van der Waals surface area contributed by atoms with Crippen molar-refractivity contribution in [3.05, 3.63) is 87.8 Å². The van der Waals surface area contributed by atoms with Crippen LogP contribution in [0.3, 0.4) is 0 Å². The second-order valence-electron chi connectivity index (χ2n) is 19.8. The van der Waals surface area contributed by atoms with Crippen molar-refractivity contribution in [2.45, 2.75) is 154 Å². The molecular formula is C52H73N3O10. The van der Waals surface area contributed by atoms with Crippen LogP contribution in [-0.4, -0.2) is 89.7 Å². The molecule has 0 saturated heterocycles. The molecule has 5 aliphatic rings. The third-order valence-corrected chi connectivity index (χ3v) is 15.6. The molecule has 1 aliphatic heterocycles. The molecule has 2 bridgehead atoms. The number of aliphatic hydroxyl groups is 2. The molecule has 13 nitrogen and oxygen atoms in total. The van der Waals surface area contributed by atoms with E-state index in [2.05, 4.69) is 23.6 Å². The van der Waals surface area contributed by atoms with Crippen LogP contribution in [-0.2, 0) is 35.0 Å². The van der Waals surface area contributed by atoms with Gasteiger partial charge in [0.1, 0.15) is 11.9 Å². The van der Waals surface area contributed by atoms with Gasteiger partial charge in [-0.2, -0.15) is 0 Å². The van der Waals surface area contributed by atoms with Gasteiger partial charge in [0.05, 0.1) is 29.2 Å². The van der Waals surface area contributed by atoms with Crippen LogP contribution in [0.4, 0.5) is 4.79 Å². The lowest BCUT2D eigenvalue weighted by Gasteiger charge is -2.53. The summed E-state index contributed by atoms with van der Waals surface area (Å²) in [6, 6.07) is 5.89. The van der Waals surface area contributed by atoms with Gasteiger partial charge in [0, 0.05) is 43.9 Å². The van der Waals surface area contributed by atoms with E-state index in [9.17, 15) is 34.5 Å². The first-order chi connectivity index (χ1) is 30.9. The monoisotopic (exact) mass is 900 g/mol. The molecule has 2 amide bonds. The van der Waals surface area contributed by atoms with E-state index in [4.69, 9.17) is 19.9 Å². The predicted octanol–water partition coefficient (Wildman–Crippen LogP) is 7.30. The first kappa shape index (κ1) is 49.9. The van der Waals surface area contributed by atoms with E-state index < -0.39 is 59.5 Å². The molecule has 6 rings (SSSR count). The average molecular weight is 900 g/mol. The van der Waals surface area contributed by atoms with Crippen LogP contribution in [0, 0.1) is 29.1 Å². The highest BCUT2D eigenvalue weighted by Gasteiger charge is 2.61. The summed E-state index contributed by atoms with van der Waals surface area (Å²) in [4.78, 5) is 53.3. The molecule has 0 aromatic heterocycles. The Kier molecular flexibility index (Phi) is 16.4. The predicted molar refractivity (Wildman–Crippen MR) is 248 cm³/mol. The minimum atomic E-state index is -1.00. The number of primary amides is 1. The van der Waals surface area contributed by atoms with Crippen molar-refractivity contribution in [3.8, 4) is 5.75 Å². The Morgan fingerprint density at radius 2 is 1.77 bits per heavy atom. The Labute approximate surface area is 385 Å². The first-order valence-corrected chi connectivity index (χ1v) is 23.8.